The second-order valence-electron chi connectivity index (χ2n) is 2.55. The fourth-order valence-electron chi connectivity index (χ4n) is 0.823. The van der Waals surface area contributed by atoms with Crippen molar-refractivity contribution >= 4 is 39.7 Å². The summed E-state index contributed by atoms with van der Waals surface area (Å²) < 4.78 is 27.3. The maximum atomic E-state index is 11.4. The summed E-state index contributed by atoms with van der Waals surface area (Å²) in [7, 11) is -3.66. The average Bonchev–Trinajstić information content (AvgIpc) is 2.04. The molecule has 0 saturated heterocycles. The van der Waals surface area contributed by atoms with E-state index in [4.69, 9.17) is 0 Å². The van der Waals surface area contributed by atoms with Crippen LogP contribution in [-0.2, 0) is 14.3 Å². The summed E-state index contributed by atoms with van der Waals surface area (Å²) in [5.41, 5.74) is 0. The van der Waals surface area contributed by atoms with E-state index in [1.54, 1.807) is 18.2 Å². The second-order valence-corrected chi connectivity index (χ2v) is 4.10. The summed E-state index contributed by atoms with van der Waals surface area (Å²) in [6.45, 7) is 4.85. The molecule has 0 aliphatic heterocycles. The van der Waals surface area contributed by atoms with E-state index in [2.05, 4.69) is 10.8 Å². The average molecular weight is 222 g/mol. The minimum atomic E-state index is -3.66. The summed E-state index contributed by atoms with van der Waals surface area (Å²) >= 11 is 0. The van der Waals surface area contributed by atoms with Crippen LogP contribution in [0.4, 0.5) is 0 Å². The van der Waals surface area contributed by atoms with Crippen molar-refractivity contribution in [2.75, 3.05) is 0 Å². The van der Waals surface area contributed by atoms with Crippen LogP contribution in [0.3, 0.4) is 0 Å². The summed E-state index contributed by atoms with van der Waals surface area (Å²) in [6.07, 6.45) is 0. The van der Waals surface area contributed by atoms with E-state index in [0.717, 1.165) is 0 Å². The molecule has 0 spiro atoms. The molecule has 0 amide bonds. The van der Waals surface area contributed by atoms with Crippen LogP contribution in [0.25, 0.3) is 0 Å². The standard InChI is InChI=1S/C9H10O3S.Na.H/c1-8(2)12-13(10,11)9-6-4-3-5-7-9;;/h3-7H,1H2,2H3;;. The molecule has 0 unspecified atom stereocenters. The molecule has 1 aromatic rings. The van der Waals surface area contributed by atoms with Gasteiger partial charge in [-0.3, -0.25) is 0 Å². The SMILES string of the molecule is C=C(C)OS(=O)(=O)c1ccccc1.[NaH]. The Bertz CT molecular complexity index is 397. The quantitative estimate of drug-likeness (QED) is 0.439. The van der Waals surface area contributed by atoms with E-state index in [9.17, 15) is 8.42 Å². The number of hydrogen-bond donors (Lipinski definition) is 0. The van der Waals surface area contributed by atoms with Gasteiger partial charge in [0.15, 0.2) is 0 Å². The van der Waals surface area contributed by atoms with Gasteiger partial charge in [0.05, 0.1) is 0 Å². The summed E-state index contributed by atoms with van der Waals surface area (Å²) in [6, 6.07) is 7.94. The van der Waals surface area contributed by atoms with Crippen LogP contribution in [0.2, 0.25) is 0 Å². The third-order valence-electron chi connectivity index (χ3n) is 1.28. The molecular weight excluding hydrogens is 211 g/mol. The van der Waals surface area contributed by atoms with Crippen LogP contribution < -0.4 is 0 Å². The van der Waals surface area contributed by atoms with Gasteiger partial charge in [0.1, 0.15) is 10.7 Å². The van der Waals surface area contributed by atoms with Crippen LogP contribution in [0.5, 0.6) is 0 Å². The first-order chi connectivity index (χ1) is 6.02. The van der Waals surface area contributed by atoms with Crippen LogP contribution in [0.15, 0.2) is 47.6 Å². The third kappa shape index (κ3) is 3.84. The predicted octanol–water partition coefficient (Wildman–Crippen LogP) is 1.28. The molecule has 0 N–H and O–H groups in total. The Morgan fingerprint density at radius 3 is 2.21 bits per heavy atom. The topological polar surface area (TPSA) is 43.4 Å². The second kappa shape index (κ2) is 5.56. The van der Waals surface area contributed by atoms with Crippen molar-refractivity contribution < 1.29 is 12.6 Å². The summed E-state index contributed by atoms with van der Waals surface area (Å²) in [5.74, 6) is 0.156. The summed E-state index contributed by atoms with van der Waals surface area (Å²) in [5, 5.41) is 0. The molecule has 72 valence electrons. The first-order valence-electron chi connectivity index (χ1n) is 3.67. The number of benzene rings is 1. The first-order valence-corrected chi connectivity index (χ1v) is 5.08. The third-order valence-corrected chi connectivity index (χ3v) is 2.64. The fourth-order valence-corrected chi connectivity index (χ4v) is 1.78. The van der Waals surface area contributed by atoms with Crippen molar-refractivity contribution in [3.63, 3.8) is 0 Å². The minimum absolute atomic E-state index is 0. The van der Waals surface area contributed by atoms with Crippen molar-refractivity contribution in [3.8, 4) is 0 Å². The zero-order chi connectivity index (χ0) is 9.90. The van der Waals surface area contributed by atoms with Gasteiger partial charge < -0.3 is 4.18 Å². The normalized spacial score (nSPS) is 10.1. The van der Waals surface area contributed by atoms with Gasteiger partial charge in [0.2, 0.25) is 0 Å². The van der Waals surface area contributed by atoms with Gasteiger partial charge >= 0.3 is 39.7 Å². The molecule has 0 aliphatic rings. The number of allylic oxidation sites excluding steroid dienone is 1. The first kappa shape index (κ1) is 13.7. The molecule has 5 heteroatoms. The Morgan fingerprint density at radius 1 is 1.29 bits per heavy atom. The van der Waals surface area contributed by atoms with Gasteiger partial charge in [-0.2, -0.15) is 8.42 Å². The van der Waals surface area contributed by atoms with E-state index < -0.39 is 10.1 Å². The fraction of sp³-hybridized carbons (Fsp3) is 0.111. The van der Waals surface area contributed by atoms with Crippen molar-refractivity contribution in [1.82, 2.24) is 0 Å². The zero-order valence-corrected chi connectivity index (χ0v) is 8.04. The molecule has 0 aliphatic carbocycles. The Hall–Kier alpha value is -0.290. The van der Waals surface area contributed by atoms with Gasteiger partial charge in [0.25, 0.3) is 0 Å². The van der Waals surface area contributed by atoms with Crippen molar-refractivity contribution in [2.45, 2.75) is 11.8 Å². The van der Waals surface area contributed by atoms with E-state index in [-0.39, 0.29) is 40.2 Å². The molecule has 1 rings (SSSR count). The molecular formula is C9H11NaO3S. The molecule has 0 atom stereocenters. The van der Waals surface area contributed by atoms with Crippen LogP contribution in [0, 0.1) is 0 Å². The Morgan fingerprint density at radius 2 is 1.79 bits per heavy atom. The van der Waals surface area contributed by atoms with Gasteiger partial charge in [-0.15, -0.1) is 0 Å². The monoisotopic (exact) mass is 222 g/mol. The predicted molar refractivity (Wildman–Crippen MR) is 56.7 cm³/mol. The van der Waals surface area contributed by atoms with Crippen molar-refractivity contribution in [3.05, 3.63) is 42.7 Å². The molecule has 0 bridgehead atoms. The van der Waals surface area contributed by atoms with Gasteiger partial charge in [-0.1, -0.05) is 24.8 Å². The molecule has 1 aromatic carbocycles. The Kier molecular flexibility index (Phi) is 5.44. The zero-order valence-electron chi connectivity index (χ0n) is 7.23. The number of hydrogen-bond acceptors (Lipinski definition) is 3. The number of rotatable bonds is 3. The maximum absolute atomic E-state index is 11.4. The van der Waals surface area contributed by atoms with E-state index >= 15 is 0 Å². The van der Waals surface area contributed by atoms with Crippen molar-refractivity contribution in [2.24, 2.45) is 0 Å². The van der Waals surface area contributed by atoms with Gasteiger partial charge in [-0.25, -0.2) is 0 Å². The van der Waals surface area contributed by atoms with Crippen molar-refractivity contribution in [1.29, 1.82) is 0 Å². The van der Waals surface area contributed by atoms with E-state index in [1.807, 2.05) is 0 Å². The van der Waals surface area contributed by atoms with Crippen LogP contribution >= 0.6 is 0 Å². The summed E-state index contributed by atoms with van der Waals surface area (Å²) in [4.78, 5) is 0.137. The van der Waals surface area contributed by atoms with Gasteiger partial charge in [-0.05, 0) is 19.1 Å². The molecule has 0 radical (unpaired) electrons. The molecule has 3 nitrogen and oxygen atoms in total. The van der Waals surface area contributed by atoms with E-state index in [0.29, 0.717) is 0 Å². The molecule has 0 fully saturated rings. The Balaban J connectivity index is 0.00000169. The molecule has 0 aromatic heterocycles. The molecule has 0 heterocycles. The molecule has 14 heavy (non-hydrogen) atoms. The Labute approximate surface area is 106 Å². The van der Waals surface area contributed by atoms with Crippen LogP contribution in [0.1, 0.15) is 6.92 Å². The van der Waals surface area contributed by atoms with Gasteiger partial charge in [0, 0.05) is 0 Å². The van der Waals surface area contributed by atoms with E-state index in [1.165, 1.54) is 19.1 Å². The molecule has 0 saturated carbocycles. The van der Waals surface area contributed by atoms with Crippen LogP contribution in [-0.4, -0.2) is 38.0 Å².